The van der Waals surface area contributed by atoms with Gasteiger partial charge in [0.15, 0.2) is 5.95 Å². The number of hydrogen-bond donors (Lipinski definition) is 1. The zero-order valence-electron chi connectivity index (χ0n) is 14.3. The number of rotatable bonds is 7. The molecule has 2 aromatic carbocycles. The molecule has 3 rings (SSSR count). The summed E-state index contributed by atoms with van der Waals surface area (Å²) < 4.78 is 11.3. The molecule has 0 saturated heterocycles. The van der Waals surface area contributed by atoms with Crippen LogP contribution in [0, 0.1) is 0 Å². The Bertz CT molecular complexity index is 931. The number of benzene rings is 2. The highest BCUT2D eigenvalue weighted by molar-refractivity contribution is 7.99. The van der Waals surface area contributed by atoms with E-state index in [1.807, 2.05) is 0 Å². The van der Waals surface area contributed by atoms with Crippen LogP contribution in [0.4, 0.5) is 5.69 Å². The number of nitrogens with one attached hydrogen (secondary N) is 1. The Morgan fingerprint density at radius 1 is 1.30 bits per heavy atom. The van der Waals surface area contributed by atoms with Gasteiger partial charge < -0.3 is 19.7 Å². The van der Waals surface area contributed by atoms with Gasteiger partial charge in [-0.3, -0.25) is 4.79 Å². The average Bonchev–Trinajstić information content (AvgIpc) is 3.04. The molecule has 3 aromatic rings. The molecule has 0 saturated carbocycles. The van der Waals surface area contributed by atoms with Gasteiger partial charge in [-0.2, -0.15) is 0 Å². The van der Waals surface area contributed by atoms with Crippen LogP contribution in [0.2, 0.25) is 5.02 Å². The molecule has 0 radical (unpaired) electrons. The number of aromatic nitrogens is 2. The van der Waals surface area contributed by atoms with Crippen LogP contribution in [0.3, 0.4) is 0 Å². The summed E-state index contributed by atoms with van der Waals surface area (Å²) in [5.41, 5.74) is 1.21. The highest BCUT2D eigenvalue weighted by Gasteiger charge is 2.21. The van der Waals surface area contributed by atoms with E-state index in [9.17, 15) is 9.90 Å². The molecule has 1 amide bonds. The number of halogens is 1. The summed E-state index contributed by atoms with van der Waals surface area (Å²) >= 11 is 7.22. The van der Waals surface area contributed by atoms with E-state index >= 15 is 0 Å². The lowest BCUT2D eigenvalue weighted by molar-refractivity contribution is -0.705. The second-order valence-corrected chi connectivity index (χ2v) is 6.89. The first-order valence-corrected chi connectivity index (χ1v) is 9.35. The van der Waals surface area contributed by atoms with Crippen molar-refractivity contribution in [2.45, 2.75) is 11.4 Å². The quantitative estimate of drug-likeness (QED) is 0.480. The van der Waals surface area contributed by atoms with Gasteiger partial charge in [-0.25, -0.2) is 0 Å². The van der Waals surface area contributed by atoms with Gasteiger partial charge in [0, 0.05) is 24.3 Å². The minimum absolute atomic E-state index is 0.198. The molecule has 1 heterocycles. The minimum Gasteiger partial charge on any atom is -0.538 e. The molecule has 0 aliphatic heterocycles. The Morgan fingerprint density at radius 2 is 2.04 bits per heavy atom. The van der Waals surface area contributed by atoms with Crippen LogP contribution in [-0.2, 0) is 4.79 Å². The van der Waals surface area contributed by atoms with Crippen molar-refractivity contribution in [2.75, 3.05) is 18.2 Å². The van der Waals surface area contributed by atoms with Crippen LogP contribution < -0.4 is 19.8 Å². The van der Waals surface area contributed by atoms with E-state index < -0.39 is 5.95 Å². The Hall–Kier alpha value is -2.71. The molecule has 140 valence electrons. The molecule has 27 heavy (non-hydrogen) atoms. The van der Waals surface area contributed by atoms with Crippen LogP contribution in [0.15, 0.2) is 58.1 Å². The van der Waals surface area contributed by atoms with Gasteiger partial charge in [0.2, 0.25) is 11.6 Å². The number of ether oxygens (including phenoxy) is 1. The highest BCUT2D eigenvalue weighted by Crippen LogP contribution is 2.25. The molecule has 0 atom stereocenters. The van der Waals surface area contributed by atoms with Crippen molar-refractivity contribution in [1.29, 1.82) is 0 Å². The van der Waals surface area contributed by atoms with E-state index in [0.29, 0.717) is 32.9 Å². The first-order valence-electron chi connectivity index (χ1n) is 7.99. The minimum atomic E-state index is -0.553. The van der Waals surface area contributed by atoms with Gasteiger partial charge in [0.25, 0.3) is 5.03 Å². The van der Waals surface area contributed by atoms with Crippen LogP contribution >= 0.6 is 23.4 Å². The van der Waals surface area contributed by atoms with Crippen molar-refractivity contribution < 1.29 is 23.8 Å². The summed E-state index contributed by atoms with van der Waals surface area (Å²) in [6.07, 6.45) is 0.198. The molecule has 0 bridgehead atoms. The second-order valence-electron chi connectivity index (χ2n) is 5.40. The van der Waals surface area contributed by atoms with Gasteiger partial charge in [0.1, 0.15) is 5.75 Å². The molecular weight excluding hydrogens is 390 g/mol. The van der Waals surface area contributed by atoms with E-state index in [1.54, 1.807) is 55.6 Å². The Labute approximate surface area is 164 Å². The van der Waals surface area contributed by atoms with Crippen LogP contribution in [0.25, 0.3) is 5.69 Å². The number of thioether (sulfide) groups is 1. The Balaban J connectivity index is 1.62. The fourth-order valence-corrected chi connectivity index (χ4v) is 3.34. The lowest BCUT2D eigenvalue weighted by Crippen LogP contribution is -2.34. The highest BCUT2D eigenvalue weighted by atomic mass is 35.5. The zero-order chi connectivity index (χ0) is 19.2. The smallest absolute Gasteiger partial charge is 0.297 e. The van der Waals surface area contributed by atoms with Gasteiger partial charge in [-0.05, 0) is 28.9 Å². The second kappa shape index (κ2) is 8.79. The Morgan fingerprint density at radius 3 is 2.74 bits per heavy atom. The zero-order valence-corrected chi connectivity index (χ0v) is 15.9. The van der Waals surface area contributed by atoms with Crippen molar-refractivity contribution in [3.8, 4) is 17.4 Å². The number of hydrogen-bond acceptors (Lipinski definition) is 6. The third kappa shape index (κ3) is 4.72. The van der Waals surface area contributed by atoms with Crippen molar-refractivity contribution in [2.24, 2.45) is 0 Å². The predicted molar refractivity (Wildman–Crippen MR) is 99.5 cm³/mol. The van der Waals surface area contributed by atoms with Gasteiger partial charge in [0.05, 0.1) is 23.1 Å². The number of methoxy groups -OCH3 is 1. The third-order valence-electron chi connectivity index (χ3n) is 3.61. The number of carbonyl (C=O) groups is 1. The molecule has 0 fully saturated rings. The summed E-state index contributed by atoms with van der Waals surface area (Å²) in [6, 6.07) is 14.0. The summed E-state index contributed by atoms with van der Waals surface area (Å²) in [6.45, 7) is 0. The van der Waals surface area contributed by atoms with Crippen LogP contribution in [0.1, 0.15) is 6.42 Å². The third-order valence-corrected chi connectivity index (χ3v) is 4.96. The normalized spacial score (nSPS) is 10.6. The summed E-state index contributed by atoms with van der Waals surface area (Å²) in [5.74, 6) is 0.316. The van der Waals surface area contributed by atoms with Crippen LogP contribution in [-0.4, -0.2) is 24.0 Å². The summed E-state index contributed by atoms with van der Waals surface area (Å²) in [4.78, 5) is 12.1. The summed E-state index contributed by atoms with van der Waals surface area (Å²) in [7, 11) is 1.57. The molecule has 0 unspecified atom stereocenters. The topological polar surface area (TPSA) is 91.3 Å². The number of carbonyl (C=O) groups excluding carboxylic acids is 1. The Kier molecular flexibility index (Phi) is 6.20. The van der Waals surface area contributed by atoms with Crippen molar-refractivity contribution in [3.05, 3.63) is 53.6 Å². The summed E-state index contributed by atoms with van der Waals surface area (Å²) in [5, 5.41) is 19.2. The van der Waals surface area contributed by atoms with E-state index in [0.717, 1.165) is 0 Å². The predicted octanol–water partition coefficient (Wildman–Crippen LogP) is 2.81. The number of amides is 1. The maximum absolute atomic E-state index is 12.1. The lowest BCUT2D eigenvalue weighted by atomic mass is 10.3. The van der Waals surface area contributed by atoms with E-state index in [4.69, 9.17) is 20.9 Å². The van der Waals surface area contributed by atoms with Gasteiger partial charge in [-0.1, -0.05) is 35.5 Å². The molecule has 1 N–H and O–H groups in total. The lowest BCUT2D eigenvalue weighted by Gasteiger charge is -2.06. The van der Waals surface area contributed by atoms with Crippen LogP contribution in [0.5, 0.6) is 11.7 Å². The molecule has 0 spiro atoms. The number of anilines is 1. The van der Waals surface area contributed by atoms with E-state index in [-0.39, 0.29) is 12.3 Å². The molecule has 7 nitrogen and oxygen atoms in total. The maximum atomic E-state index is 12.1. The fourth-order valence-electron chi connectivity index (χ4n) is 2.26. The van der Waals surface area contributed by atoms with Crippen molar-refractivity contribution >= 4 is 35.0 Å². The molecule has 0 aliphatic carbocycles. The van der Waals surface area contributed by atoms with Crippen molar-refractivity contribution in [3.63, 3.8) is 0 Å². The number of para-hydroxylation sites is 1. The maximum Gasteiger partial charge on any atom is 0.297 e. The van der Waals surface area contributed by atoms with Crippen molar-refractivity contribution in [1.82, 2.24) is 5.27 Å². The fraction of sp³-hybridized carbons (Fsp3) is 0.167. The van der Waals surface area contributed by atoms with Gasteiger partial charge >= 0.3 is 0 Å². The SMILES string of the molecule is COc1ccc(-[n+]2noc([O-])c2SCCC(=O)Nc2ccccc2Cl)cc1. The first kappa shape index (κ1) is 19.1. The van der Waals surface area contributed by atoms with E-state index in [1.165, 1.54) is 16.4 Å². The molecule has 0 aliphatic rings. The average molecular weight is 406 g/mol. The molecular formula is C18H16ClN3O4S. The largest absolute Gasteiger partial charge is 0.538 e. The molecule has 9 heteroatoms. The standard InChI is InChI=1S/C18H16ClN3O4S/c1-25-13-8-6-12(7-9-13)22-17(18(24)26-21-22)27-11-10-16(23)20-15-5-3-2-4-14(15)19/h2-9H,10-11H2,1H3,(H-,20,21,23,24). The first-order chi connectivity index (χ1) is 13.1. The van der Waals surface area contributed by atoms with E-state index in [2.05, 4.69) is 10.6 Å². The monoisotopic (exact) mass is 405 g/mol. The van der Waals surface area contributed by atoms with Gasteiger partial charge in [-0.15, -0.1) is 0 Å². The molecule has 1 aromatic heterocycles. The number of nitrogens with zero attached hydrogens (tertiary/aromatic N) is 2.